The van der Waals surface area contributed by atoms with Gasteiger partial charge in [0.2, 0.25) is 0 Å². The first-order valence-electron chi connectivity index (χ1n) is 9.15. The Morgan fingerprint density at radius 2 is 1.31 bits per heavy atom. The number of hydrogen-bond acceptors (Lipinski definition) is 4. The van der Waals surface area contributed by atoms with E-state index >= 15 is 0 Å². The molecule has 0 saturated heterocycles. The minimum Gasteiger partial charge on any atom is -0.224 e. The second-order valence-corrected chi connectivity index (χ2v) is 12.6. The van der Waals surface area contributed by atoms with Crippen molar-refractivity contribution < 1.29 is 25.6 Å². The maximum absolute atomic E-state index is 12.6. The molecule has 0 N–H and O–H groups in total. The lowest BCUT2D eigenvalue weighted by molar-refractivity contribution is 0.504. The molecule has 0 unspecified atom stereocenters. The molecule has 2 aromatic carbocycles. The highest BCUT2D eigenvalue weighted by molar-refractivity contribution is 7.92. The number of benzene rings is 2. The van der Waals surface area contributed by atoms with Crippen molar-refractivity contribution in [3.8, 4) is 0 Å². The average molecular weight is 447 g/mol. The van der Waals surface area contributed by atoms with E-state index < -0.39 is 31.3 Å². The summed E-state index contributed by atoms with van der Waals surface area (Å²) in [5, 5.41) is -0.368. The van der Waals surface area contributed by atoms with E-state index in [-0.39, 0.29) is 21.3 Å². The zero-order valence-electron chi connectivity index (χ0n) is 17.5. The minimum absolute atomic E-state index is 0.0557. The molecule has 0 atom stereocenters. The number of sulfone groups is 2. The van der Waals surface area contributed by atoms with Crippen LogP contribution in [0, 0.1) is 11.6 Å². The fourth-order valence-electron chi connectivity index (χ4n) is 2.25. The Morgan fingerprint density at radius 1 is 0.828 bits per heavy atom. The summed E-state index contributed by atoms with van der Waals surface area (Å²) in [6, 6.07) is 9.75. The highest BCUT2D eigenvalue weighted by atomic mass is 32.2. The van der Waals surface area contributed by atoms with Crippen LogP contribution in [-0.4, -0.2) is 27.8 Å². The van der Waals surface area contributed by atoms with Crippen LogP contribution in [0.15, 0.2) is 52.3 Å². The van der Waals surface area contributed by atoms with E-state index in [0.717, 1.165) is 17.7 Å². The summed E-state index contributed by atoms with van der Waals surface area (Å²) in [7, 11) is -6.58. The lowest BCUT2D eigenvalue weighted by Gasteiger charge is -2.19. The van der Waals surface area contributed by atoms with Crippen molar-refractivity contribution in [2.45, 2.75) is 62.0 Å². The zero-order valence-corrected chi connectivity index (χ0v) is 19.2. The van der Waals surface area contributed by atoms with E-state index in [9.17, 15) is 25.6 Å². The first kappa shape index (κ1) is 25.2. The van der Waals surface area contributed by atoms with Crippen molar-refractivity contribution in [3.63, 3.8) is 0 Å². The summed E-state index contributed by atoms with van der Waals surface area (Å²) in [6.07, 6.45) is 0. The highest BCUT2D eigenvalue weighted by Crippen LogP contribution is 2.24. The molecule has 0 radical (unpaired) electrons. The maximum atomic E-state index is 12.6. The summed E-state index contributed by atoms with van der Waals surface area (Å²) in [5.41, 5.74) is 1.20. The summed E-state index contributed by atoms with van der Waals surface area (Å²) in [4.78, 5) is 0.226. The van der Waals surface area contributed by atoms with E-state index in [2.05, 4.69) is 20.8 Å². The standard InChI is InChI=1S/C13H20O2S.C8H8F2O2S/c1-10(2)16(14,15)12-8-6-11(7-9-12)13(3,4)5;1-2-13(11,12)6-3-4-7(9)8(10)5-6/h6-10H,1-5H3;3-5H,2H2,1H3. The predicted molar refractivity (Wildman–Crippen MR) is 112 cm³/mol. The molecule has 0 fully saturated rings. The molecule has 0 spiro atoms. The molecule has 29 heavy (non-hydrogen) atoms. The van der Waals surface area contributed by atoms with Crippen LogP contribution < -0.4 is 0 Å². The van der Waals surface area contributed by atoms with Crippen molar-refractivity contribution in [3.05, 3.63) is 59.7 Å². The van der Waals surface area contributed by atoms with Gasteiger partial charge in [0.05, 0.1) is 20.8 Å². The lowest BCUT2D eigenvalue weighted by atomic mass is 9.87. The molecular formula is C21H28F2O4S2. The fourth-order valence-corrected chi connectivity index (χ4v) is 4.21. The van der Waals surface area contributed by atoms with Gasteiger partial charge in [0, 0.05) is 0 Å². The monoisotopic (exact) mass is 446 g/mol. The lowest BCUT2D eigenvalue weighted by Crippen LogP contribution is -2.15. The zero-order chi connectivity index (χ0) is 22.6. The summed E-state index contributed by atoms with van der Waals surface area (Å²) in [5.74, 6) is -2.32. The Morgan fingerprint density at radius 3 is 1.69 bits per heavy atom. The number of hydrogen-bond donors (Lipinski definition) is 0. The van der Waals surface area contributed by atoms with E-state index in [1.807, 2.05) is 12.1 Å². The predicted octanol–water partition coefficient (Wildman–Crippen LogP) is 4.92. The van der Waals surface area contributed by atoms with Gasteiger partial charge in [-0.15, -0.1) is 0 Å². The van der Waals surface area contributed by atoms with E-state index in [0.29, 0.717) is 11.0 Å². The topological polar surface area (TPSA) is 68.3 Å². The minimum atomic E-state index is -3.44. The highest BCUT2D eigenvalue weighted by Gasteiger charge is 2.20. The fraction of sp³-hybridized carbons (Fsp3) is 0.429. The third kappa shape index (κ3) is 6.60. The number of halogens is 2. The molecule has 2 rings (SSSR count). The second-order valence-electron chi connectivity index (χ2n) is 7.85. The van der Waals surface area contributed by atoms with Crippen LogP contribution in [0.1, 0.15) is 47.1 Å². The molecule has 0 aromatic heterocycles. The molecule has 0 bridgehead atoms. The van der Waals surface area contributed by atoms with Gasteiger partial charge >= 0.3 is 0 Å². The Bertz CT molecular complexity index is 1040. The summed E-state index contributed by atoms with van der Waals surface area (Å²) >= 11 is 0. The van der Waals surface area contributed by atoms with Gasteiger partial charge in [0.25, 0.3) is 0 Å². The molecule has 0 saturated carbocycles. The van der Waals surface area contributed by atoms with Crippen molar-refractivity contribution in [2.75, 3.05) is 5.75 Å². The Kier molecular flexibility index (Phi) is 8.13. The molecule has 2 aromatic rings. The molecular weight excluding hydrogens is 418 g/mol. The van der Waals surface area contributed by atoms with Crippen LogP contribution in [0.4, 0.5) is 8.78 Å². The average Bonchev–Trinajstić information content (AvgIpc) is 2.63. The molecule has 162 valence electrons. The summed E-state index contributed by atoms with van der Waals surface area (Å²) < 4.78 is 71.2. The molecule has 0 aliphatic carbocycles. The van der Waals surface area contributed by atoms with Gasteiger partial charge in [-0.05, 0) is 55.2 Å². The van der Waals surface area contributed by atoms with Crippen LogP contribution in [0.2, 0.25) is 0 Å². The van der Waals surface area contributed by atoms with Gasteiger partial charge in [-0.25, -0.2) is 25.6 Å². The third-order valence-electron chi connectivity index (χ3n) is 4.30. The maximum Gasteiger partial charge on any atom is 0.180 e. The van der Waals surface area contributed by atoms with Gasteiger partial charge in [-0.1, -0.05) is 39.8 Å². The van der Waals surface area contributed by atoms with Crippen LogP contribution in [0.3, 0.4) is 0 Å². The largest absolute Gasteiger partial charge is 0.224 e. The van der Waals surface area contributed by atoms with Crippen LogP contribution >= 0.6 is 0 Å². The summed E-state index contributed by atoms with van der Waals surface area (Å²) in [6.45, 7) is 11.2. The third-order valence-corrected chi connectivity index (χ3v) is 8.20. The van der Waals surface area contributed by atoms with Gasteiger partial charge in [-0.2, -0.15) is 0 Å². The molecule has 0 amide bonds. The first-order chi connectivity index (χ1) is 13.1. The van der Waals surface area contributed by atoms with E-state index in [1.54, 1.807) is 26.0 Å². The number of rotatable bonds is 4. The van der Waals surface area contributed by atoms with Crippen molar-refractivity contribution >= 4 is 19.7 Å². The van der Waals surface area contributed by atoms with Crippen molar-refractivity contribution in [2.24, 2.45) is 0 Å². The first-order valence-corrected chi connectivity index (χ1v) is 12.3. The molecule has 0 aliphatic heterocycles. The Hall–Kier alpha value is -1.80. The Balaban J connectivity index is 0.000000296. The molecule has 8 heteroatoms. The van der Waals surface area contributed by atoms with E-state index in [1.165, 1.54) is 6.92 Å². The van der Waals surface area contributed by atoms with Crippen LogP contribution in [0.5, 0.6) is 0 Å². The molecule has 0 heterocycles. The van der Waals surface area contributed by atoms with Crippen molar-refractivity contribution in [1.29, 1.82) is 0 Å². The van der Waals surface area contributed by atoms with Crippen molar-refractivity contribution in [1.82, 2.24) is 0 Å². The van der Waals surface area contributed by atoms with Gasteiger partial charge < -0.3 is 0 Å². The van der Waals surface area contributed by atoms with E-state index in [4.69, 9.17) is 0 Å². The smallest absolute Gasteiger partial charge is 0.180 e. The Labute approximate surface area is 172 Å². The SMILES string of the molecule is CC(C)S(=O)(=O)c1ccc(C(C)(C)C)cc1.CCS(=O)(=O)c1ccc(F)c(F)c1. The normalized spacial score (nSPS) is 12.4. The molecule has 4 nitrogen and oxygen atoms in total. The van der Waals surface area contributed by atoms with Gasteiger partial charge in [-0.3, -0.25) is 0 Å². The van der Waals surface area contributed by atoms with Gasteiger partial charge in [0.15, 0.2) is 31.3 Å². The van der Waals surface area contributed by atoms with Crippen LogP contribution in [0.25, 0.3) is 0 Å². The quantitative estimate of drug-likeness (QED) is 0.625. The second kappa shape index (κ2) is 9.34. The molecule has 0 aliphatic rings. The van der Waals surface area contributed by atoms with Gasteiger partial charge in [0.1, 0.15) is 0 Å². The van der Waals surface area contributed by atoms with Crippen LogP contribution in [-0.2, 0) is 25.1 Å².